The van der Waals surface area contributed by atoms with Gasteiger partial charge in [-0.15, -0.1) is 0 Å². The van der Waals surface area contributed by atoms with Gasteiger partial charge in [-0.2, -0.15) is 5.10 Å². The minimum Gasteiger partial charge on any atom is -0.316 e. The Balaban J connectivity index is 1.57. The topological polar surface area (TPSA) is 83.8 Å². The van der Waals surface area contributed by atoms with Gasteiger partial charge in [0.25, 0.3) is 15.9 Å². The van der Waals surface area contributed by atoms with Crippen molar-refractivity contribution in [2.75, 3.05) is 10.8 Å². The summed E-state index contributed by atoms with van der Waals surface area (Å²) in [5.74, 6) is -0.603. The number of carbonyl (C=O) groups excluding carboxylic acids is 1. The number of hydrogen-bond donors (Lipinski definition) is 1. The summed E-state index contributed by atoms with van der Waals surface area (Å²) in [6.45, 7) is 5.22. The first-order valence-corrected chi connectivity index (χ1v) is 14.8. The smallest absolute Gasteiger partial charge is 0.264 e. The molecule has 0 bridgehead atoms. The lowest BCUT2D eigenvalue weighted by molar-refractivity contribution is -0.119. The average molecular weight is 648 g/mol. The van der Waals surface area contributed by atoms with Crippen LogP contribution in [-0.2, 0) is 14.8 Å². The van der Waals surface area contributed by atoms with Gasteiger partial charge in [0, 0.05) is 21.4 Å². The van der Waals surface area contributed by atoms with Crippen molar-refractivity contribution in [1.29, 1.82) is 0 Å². The highest BCUT2D eigenvalue weighted by atomic mass is 79.9. The molecule has 7 nitrogen and oxygen atoms in total. The molecule has 3 aromatic carbocycles. The molecule has 1 aromatic heterocycles. The number of aryl methyl sites for hydroxylation is 2. The number of hydrazone groups is 1. The van der Waals surface area contributed by atoms with Crippen LogP contribution in [0.2, 0.25) is 10.0 Å². The van der Waals surface area contributed by atoms with E-state index in [-0.39, 0.29) is 4.90 Å². The third kappa shape index (κ3) is 6.38. The van der Waals surface area contributed by atoms with E-state index in [1.807, 2.05) is 43.5 Å². The molecule has 0 unspecified atom stereocenters. The molecule has 0 radical (unpaired) electrons. The van der Waals surface area contributed by atoms with E-state index < -0.39 is 22.5 Å². The molecule has 11 heteroatoms. The molecule has 0 fully saturated rings. The number of anilines is 1. The minimum atomic E-state index is -4.03. The summed E-state index contributed by atoms with van der Waals surface area (Å²) in [4.78, 5) is 13.0. The van der Waals surface area contributed by atoms with Crippen molar-refractivity contribution in [1.82, 2.24) is 9.99 Å². The van der Waals surface area contributed by atoms with Crippen molar-refractivity contribution in [3.63, 3.8) is 0 Å². The summed E-state index contributed by atoms with van der Waals surface area (Å²) in [6, 6.07) is 20.5. The van der Waals surface area contributed by atoms with Gasteiger partial charge in [0.15, 0.2) is 0 Å². The van der Waals surface area contributed by atoms with Crippen molar-refractivity contribution < 1.29 is 13.2 Å². The van der Waals surface area contributed by atoms with Crippen LogP contribution in [0, 0.1) is 20.8 Å². The molecule has 4 rings (SSSR count). The summed E-state index contributed by atoms with van der Waals surface area (Å²) >= 11 is 16.0. The second-order valence-corrected chi connectivity index (χ2v) is 12.4. The Morgan fingerprint density at radius 3 is 2.41 bits per heavy atom. The number of halogens is 3. The van der Waals surface area contributed by atoms with Crippen LogP contribution in [0.15, 0.2) is 87.3 Å². The van der Waals surface area contributed by atoms with Gasteiger partial charge >= 0.3 is 0 Å². The molecule has 1 N–H and O–H groups in total. The highest BCUT2D eigenvalue weighted by Crippen LogP contribution is 2.31. The number of nitrogens with zero attached hydrogens (tertiary/aromatic N) is 3. The number of sulfonamides is 1. The number of nitrogens with one attached hydrogen (secondary N) is 1. The van der Waals surface area contributed by atoms with Crippen molar-refractivity contribution >= 4 is 67.0 Å². The lowest BCUT2D eigenvalue weighted by Gasteiger charge is -2.24. The molecule has 0 aliphatic rings. The summed E-state index contributed by atoms with van der Waals surface area (Å²) < 4.78 is 30.7. The van der Waals surface area contributed by atoms with E-state index in [0.29, 0.717) is 20.2 Å². The predicted octanol–water partition coefficient (Wildman–Crippen LogP) is 6.82. The number of rotatable bonds is 8. The van der Waals surface area contributed by atoms with Crippen LogP contribution < -0.4 is 9.73 Å². The Bertz CT molecular complexity index is 1670. The standard InChI is InChI=1S/C28H25BrCl2N4O3S/c1-18-10-12-24(13-11-18)39(37,38)34(23-7-4-6-22(29)15-23)17-27(36)33-32-16-21-14-19(2)35(20(21)3)26-9-5-8-25(30)28(26)31/h4-16H,17H2,1-3H3,(H,33,36)/b32-16-. The van der Waals surface area contributed by atoms with Crippen LogP contribution in [0.3, 0.4) is 0 Å². The molecule has 4 aromatic rings. The largest absolute Gasteiger partial charge is 0.316 e. The number of carbonyl (C=O) groups is 1. The van der Waals surface area contributed by atoms with Crippen LogP contribution in [0.25, 0.3) is 5.69 Å². The van der Waals surface area contributed by atoms with Gasteiger partial charge in [-0.3, -0.25) is 9.10 Å². The average Bonchev–Trinajstić information content (AvgIpc) is 3.17. The maximum absolute atomic E-state index is 13.5. The third-order valence-electron chi connectivity index (χ3n) is 6.03. The van der Waals surface area contributed by atoms with Gasteiger partial charge in [0.2, 0.25) is 0 Å². The van der Waals surface area contributed by atoms with Crippen LogP contribution >= 0.6 is 39.1 Å². The second kappa shape index (κ2) is 12.0. The van der Waals surface area contributed by atoms with Gasteiger partial charge in [-0.25, -0.2) is 13.8 Å². The molecular weight excluding hydrogens is 623 g/mol. The first kappa shape index (κ1) is 28.9. The first-order chi connectivity index (χ1) is 18.5. The Morgan fingerprint density at radius 1 is 1.03 bits per heavy atom. The lowest BCUT2D eigenvalue weighted by Crippen LogP contribution is -2.39. The van der Waals surface area contributed by atoms with Crippen molar-refractivity contribution in [3.05, 3.63) is 110 Å². The summed E-state index contributed by atoms with van der Waals surface area (Å²) in [6.07, 6.45) is 1.51. The minimum absolute atomic E-state index is 0.0801. The highest BCUT2D eigenvalue weighted by Gasteiger charge is 2.27. The summed E-state index contributed by atoms with van der Waals surface area (Å²) in [5, 5.41) is 4.97. The quantitative estimate of drug-likeness (QED) is 0.168. The zero-order valence-corrected chi connectivity index (χ0v) is 25.2. The van der Waals surface area contributed by atoms with E-state index in [9.17, 15) is 13.2 Å². The van der Waals surface area contributed by atoms with Gasteiger partial charge in [-0.05, 0) is 69.3 Å². The third-order valence-corrected chi connectivity index (χ3v) is 9.12. The van der Waals surface area contributed by atoms with E-state index in [1.165, 1.54) is 18.3 Å². The van der Waals surface area contributed by atoms with E-state index in [4.69, 9.17) is 23.2 Å². The number of amides is 1. The van der Waals surface area contributed by atoms with Crippen molar-refractivity contribution in [3.8, 4) is 5.69 Å². The fourth-order valence-electron chi connectivity index (χ4n) is 4.08. The van der Waals surface area contributed by atoms with Crippen molar-refractivity contribution in [2.24, 2.45) is 5.10 Å². The van der Waals surface area contributed by atoms with Gasteiger partial charge < -0.3 is 4.57 Å². The maximum atomic E-state index is 13.5. The SMILES string of the molecule is Cc1ccc(S(=O)(=O)N(CC(=O)N/N=C\c2cc(C)n(-c3cccc(Cl)c3Cl)c2C)c2cccc(Br)c2)cc1. The molecule has 0 aliphatic heterocycles. The molecule has 1 amide bonds. The zero-order chi connectivity index (χ0) is 28.3. The first-order valence-electron chi connectivity index (χ1n) is 11.8. The summed E-state index contributed by atoms with van der Waals surface area (Å²) in [5.41, 5.74) is 6.93. The van der Waals surface area contributed by atoms with Crippen LogP contribution in [0.1, 0.15) is 22.5 Å². The van der Waals surface area contributed by atoms with Gasteiger partial charge in [-0.1, -0.05) is 69.0 Å². The van der Waals surface area contributed by atoms with Crippen LogP contribution in [0.4, 0.5) is 5.69 Å². The predicted molar refractivity (Wildman–Crippen MR) is 161 cm³/mol. The molecule has 0 spiro atoms. The highest BCUT2D eigenvalue weighted by molar-refractivity contribution is 9.10. The molecular formula is C28H25BrCl2N4O3S. The molecule has 0 atom stereocenters. The molecule has 39 heavy (non-hydrogen) atoms. The Hall–Kier alpha value is -3.11. The Morgan fingerprint density at radius 2 is 1.72 bits per heavy atom. The normalized spacial score (nSPS) is 11.6. The maximum Gasteiger partial charge on any atom is 0.264 e. The fraction of sp³-hybridized carbons (Fsp3) is 0.143. The molecule has 0 saturated carbocycles. The van der Waals surface area contributed by atoms with E-state index in [2.05, 4.69) is 26.5 Å². The van der Waals surface area contributed by atoms with Gasteiger partial charge in [0.05, 0.1) is 32.5 Å². The van der Waals surface area contributed by atoms with Crippen molar-refractivity contribution in [2.45, 2.75) is 25.7 Å². The van der Waals surface area contributed by atoms with E-state index in [1.54, 1.807) is 42.5 Å². The summed E-state index contributed by atoms with van der Waals surface area (Å²) in [7, 11) is -4.03. The number of aromatic nitrogens is 1. The zero-order valence-electron chi connectivity index (χ0n) is 21.3. The van der Waals surface area contributed by atoms with E-state index >= 15 is 0 Å². The second-order valence-electron chi connectivity index (χ2n) is 8.83. The van der Waals surface area contributed by atoms with E-state index in [0.717, 1.165) is 32.5 Å². The monoisotopic (exact) mass is 646 g/mol. The molecule has 0 aliphatic carbocycles. The number of hydrogen-bond acceptors (Lipinski definition) is 4. The Labute approximate surface area is 246 Å². The Kier molecular flexibility index (Phi) is 8.86. The molecule has 202 valence electrons. The van der Waals surface area contributed by atoms with Crippen LogP contribution in [-0.4, -0.2) is 31.7 Å². The molecule has 1 heterocycles. The number of benzene rings is 3. The lowest BCUT2D eigenvalue weighted by atomic mass is 10.2. The van der Waals surface area contributed by atoms with Gasteiger partial charge in [0.1, 0.15) is 6.54 Å². The van der Waals surface area contributed by atoms with Crippen LogP contribution in [0.5, 0.6) is 0 Å². The fourth-order valence-corrected chi connectivity index (χ4v) is 6.26. The molecule has 0 saturated heterocycles.